The van der Waals surface area contributed by atoms with Gasteiger partial charge < -0.3 is 9.15 Å². The second kappa shape index (κ2) is 5.01. The summed E-state index contributed by atoms with van der Waals surface area (Å²) in [5.41, 5.74) is -0.0736. The third-order valence-electron chi connectivity index (χ3n) is 2.03. The van der Waals surface area contributed by atoms with Gasteiger partial charge in [0, 0.05) is 12.1 Å². The van der Waals surface area contributed by atoms with E-state index in [1.807, 2.05) is 0 Å². The first-order valence-corrected chi connectivity index (χ1v) is 5.57. The maximum atomic E-state index is 11.6. The van der Waals surface area contributed by atoms with Crippen molar-refractivity contribution >= 4 is 27.6 Å². The zero-order valence-electron chi connectivity index (χ0n) is 8.83. The minimum atomic E-state index is -0.672. The number of nitrogens with zero attached hydrogens (tertiary/aromatic N) is 1. The Morgan fingerprint density at radius 1 is 1.22 bits per heavy atom. The number of hydrogen-bond acceptors (Lipinski definition) is 5. The van der Waals surface area contributed by atoms with E-state index in [1.165, 1.54) is 30.3 Å². The zero-order chi connectivity index (χ0) is 13.1. The highest BCUT2D eigenvalue weighted by molar-refractivity contribution is 9.10. The van der Waals surface area contributed by atoms with Crippen LogP contribution in [-0.4, -0.2) is 10.9 Å². The maximum Gasteiger partial charge on any atom is 0.379 e. The molecule has 6 nitrogen and oxygen atoms in total. The Morgan fingerprint density at radius 2 is 1.89 bits per heavy atom. The van der Waals surface area contributed by atoms with Crippen molar-refractivity contribution in [2.75, 3.05) is 0 Å². The number of rotatable bonds is 3. The van der Waals surface area contributed by atoms with E-state index in [-0.39, 0.29) is 17.2 Å². The van der Waals surface area contributed by atoms with Crippen LogP contribution in [0.25, 0.3) is 0 Å². The molecule has 0 radical (unpaired) electrons. The van der Waals surface area contributed by atoms with Crippen LogP contribution in [0.1, 0.15) is 10.6 Å². The fourth-order valence-corrected chi connectivity index (χ4v) is 1.52. The van der Waals surface area contributed by atoms with Crippen LogP contribution in [0.2, 0.25) is 0 Å². The lowest BCUT2D eigenvalue weighted by molar-refractivity contribution is -0.384. The third kappa shape index (κ3) is 2.75. The van der Waals surface area contributed by atoms with E-state index in [1.54, 1.807) is 6.07 Å². The van der Waals surface area contributed by atoms with Gasteiger partial charge >= 0.3 is 5.97 Å². The molecule has 0 saturated carbocycles. The van der Waals surface area contributed by atoms with Crippen molar-refractivity contribution in [3.05, 3.63) is 56.9 Å². The Kier molecular flexibility index (Phi) is 3.42. The molecule has 1 aromatic heterocycles. The predicted octanol–water partition coefficient (Wildman–Crippen LogP) is 3.17. The topological polar surface area (TPSA) is 82.6 Å². The molecule has 0 aliphatic rings. The summed E-state index contributed by atoms with van der Waals surface area (Å²) in [7, 11) is 0. The standard InChI is InChI=1S/C11H6BrNO5/c12-10-6-5-9(18-10)11(14)17-8-3-1-7(2-4-8)13(15)16/h1-6H. The third-order valence-corrected chi connectivity index (χ3v) is 2.46. The van der Waals surface area contributed by atoms with Gasteiger partial charge in [0.1, 0.15) is 5.75 Å². The van der Waals surface area contributed by atoms with E-state index in [2.05, 4.69) is 15.9 Å². The first-order valence-electron chi connectivity index (χ1n) is 4.78. The van der Waals surface area contributed by atoms with Gasteiger partial charge in [-0.1, -0.05) is 0 Å². The summed E-state index contributed by atoms with van der Waals surface area (Å²) >= 11 is 3.06. The summed E-state index contributed by atoms with van der Waals surface area (Å²) in [4.78, 5) is 21.5. The molecule has 0 bridgehead atoms. The molecule has 7 heteroatoms. The highest BCUT2D eigenvalue weighted by Crippen LogP contribution is 2.20. The Hall–Kier alpha value is -2.15. The second-order valence-electron chi connectivity index (χ2n) is 3.24. The van der Waals surface area contributed by atoms with Gasteiger partial charge in [0.2, 0.25) is 5.76 Å². The molecule has 0 atom stereocenters. The van der Waals surface area contributed by atoms with Crippen molar-refractivity contribution in [2.24, 2.45) is 0 Å². The number of esters is 1. The number of benzene rings is 1. The van der Waals surface area contributed by atoms with Crippen molar-refractivity contribution in [2.45, 2.75) is 0 Å². The van der Waals surface area contributed by atoms with E-state index in [4.69, 9.17) is 9.15 Å². The first-order chi connectivity index (χ1) is 8.56. The summed E-state index contributed by atoms with van der Waals surface area (Å²) in [5, 5.41) is 10.4. The molecule has 2 aromatic rings. The predicted molar refractivity (Wildman–Crippen MR) is 64.5 cm³/mol. The van der Waals surface area contributed by atoms with Crippen LogP contribution in [-0.2, 0) is 0 Å². The SMILES string of the molecule is O=C(Oc1ccc([N+](=O)[O-])cc1)c1ccc(Br)o1. The first kappa shape index (κ1) is 12.3. The summed E-state index contributed by atoms with van der Waals surface area (Å²) in [5.74, 6) is -0.423. The monoisotopic (exact) mass is 311 g/mol. The fraction of sp³-hybridized carbons (Fsp3) is 0. The van der Waals surface area contributed by atoms with Crippen LogP contribution in [0.4, 0.5) is 5.69 Å². The van der Waals surface area contributed by atoms with Crippen molar-refractivity contribution in [3.8, 4) is 5.75 Å². The summed E-state index contributed by atoms with van der Waals surface area (Å²) in [6.45, 7) is 0. The number of ether oxygens (including phenoxy) is 1. The summed E-state index contributed by atoms with van der Waals surface area (Å²) < 4.78 is 10.4. The van der Waals surface area contributed by atoms with Crippen LogP contribution in [0.3, 0.4) is 0 Å². The van der Waals surface area contributed by atoms with Gasteiger partial charge in [-0.3, -0.25) is 10.1 Å². The van der Waals surface area contributed by atoms with Crippen molar-refractivity contribution in [1.82, 2.24) is 0 Å². The molecule has 0 aliphatic heterocycles. The van der Waals surface area contributed by atoms with Crippen molar-refractivity contribution in [1.29, 1.82) is 0 Å². The molecule has 1 aromatic carbocycles. The van der Waals surface area contributed by atoms with Gasteiger partial charge in [0.15, 0.2) is 4.67 Å². The van der Waals surface area contributed by atoms with E-state index in [0.29, 0.717) is 4.67 Å². The Balaban J connectivity index is 2.10. The van der Waals surface area contributed by atoms with Gasteiger partial charge in [-0.2, -0.15) is 0 Å². The van der Waals surface area contributed by atoms with Gasteiger partial charge in [0.05, 0.1) is 4.92 Å². The molecule has 18 heavy (non-hydrogen) atoms. The van der Waals surface area contributed by atoms with E-state index in [0.717, 1.165) is 0 Å². The Morgan fingerprint density at radius 3 is 2.39 bits per heavy atom. The molecule has 0 unspecified atom stereocenters. The van der Waals surface area contributed by atoms with E-state index in [9.17, 15) is 14.9 Å². The number of nitro benzene ring substituents is 1. The normalized spacial score (nSPS) is 10.1. The second-order valence-corrected chi connectivity index (χ2v) is 4.03. The van der Waals surface area contributed by atoms with E-state index < -0.39 is 10.9 Å². The number of hydrogen-bond donors (Lipinski definition) is 0. The van der Waals surface area contributed by atoms with E-state index >= 15 is 0 Å². The Bertz CT molecular complexity index is 590. The molecule has 2 rings (SSSR count). The van der Waals surface area contributed by atoms with Crippen LogP contribution in [0, 0.1) is 10.1 Å². The lowest BCUT2D eigenvalue weighted by atomic mass is 10.3. The molecule has 1 heterocycles. The molecule has 0 fully saturated rings. The van der Waals surface area contributed by atoms with Crippen LogP contribution < -0.4 is 4.74 Å². The number of carbonyl (C=O) groups is 1. The quantitative estimate of drug-likeness (QED) is 0.376. The molecule has 0 amide bonds. The average Bonchev–Trinajstić information content (AvgIpc) is 2.76. The minimum absolute atomic E-state index is 0.0419. The molecule has 0 aliphatic carbocycles. The highest BCUT2D eigenvalue weighted by atomic mass is 79.9. The number of furan rings is 1. The summed E-state index contributed by atoms with van der Waals surface area (Å²) in [6.07, 6.45) is 0. The van der Waals surface area contributed by atoms with Gasteiger partial charge in [-0.25, -0.2) is 4.79 Å². The van der Waals surface area contributed by atoms with Gasteiger partial charge in [-0.05, 0) is 40.2 Å². The molecule has 0 N–H and O–H groups in total. The average molecular weight is 312 g/mol. The minimum Gasteiger partial charge on any atom is -0.442 e. The molecular formula is C11H6BrNO5. The number of carbonyl (C=O) groups excluding carboxylic acids is 1. The maximum absolute atomic E-state index is 11.6. The number of nitro groups is 1. The number of non-ortho nitro benzene ring substituents is 1. The molecule has 0 spiro atoms. The summed E-state index contributed by atoms with van der Waals surface area (Å²) in [6, 6.07) is 8.20. The fourth-order valence-electron chi connectivity index (χ4n) is 1.22. The van der Waals surface area contributed by atoms with Crippen LogP contribution in [0.15, 0.2) is 45.5 Å². The smallest absolute Gasteiger partial charge is 0.379 e. The zero-order valence-corrected chi connectivity index (χ0v) is 10.4. The molecular weight excluding hydrogens is 306 g/mol. The Labute approximate surface area is 109 Å². The largest absolute Gasteiger partial charge is 0.442 e. The highest BCUT2D eigenvalue weighted by Gasteiger charge is 2.13. The van der Waals surface area contributed by atoms with Gasteiger partial charge in [0.25, 0.3) is 5.69 Å². The number of halogens is 1. The van der Waals surface area contributed by atoms with Gasteiger partial charge in [-0.15, -0.1) is 0 Å². The van der Waals surface area contributed by atoms with Crippen molar-refractivity contribution in [3.63, 3.8) is 0 Å². The lowest BCUT2D eigenvalue weighted by Gasteiger charge is -2.01. The van der Waals surface area contributed by atoms with Crippen molar-refractivity contribution < 1.29 is 18.9 Å². The molecule has 92 valence electrons. The van der Waals surface area contributed by atoms with Crippen LogP contribution >= 0.6 is 15.9 Å². The van der Waals surface area contributed by atoms with Crippen LogP contribution in [0.5, 0.6) is 5.75 Å². The molecule has 0 saturated heterocycles. The lowest BCUT2D eigenvalue weighted by Crippen LogP contribution is -2.07.